The molecule has 0 saturated carbocycles. The fraction of sp³-hybridized carbons (Fsp3) is 0.278. The summed E-state index contributed by atoms with van der Waals surface area (Å²) >= 11 is 3.33. The first-order valence-corrected chi connectivity index (χ1v) is 10.5. The first kappa shape index (κ1) is 17.5. The fourth-order valence-electron chi connectivity index (χ4n) is 3.36. The Kier molecular flexibility index (Phi) is 4.50. The summed E-state index contributed by atoms with van der Waals surface area (Å²) in [4.78, 5) is 11.6. The number of amides is 1. The van der Waals surface area contributed by atoms with E-state index in [0.717, 1.165) is 12.0 Å². The maximum absolute atomic E-state index is 13.1. The molecule has 0 spiro atoms. The molecule has 0 aromatic heterocycles. The molecule has 1 saturated heterocycles. The monoisotopic (exact) mass is 436 g/mol. The zero-order chi connectivity index (χ0) is 18.3. The van der Waals surface area contributed by atoms with Crippen LogP contribution in [0.4, 0.5) is 5.69 Å². The summed E-state index contributed by atoms with van der Waals surface area (Å²) in [5, 5.41) is 2.68. The van der Waals surface area contributed by atoms with Gasteiger partial charge in [-0.05, 0) is 39.9 Å². The van der Waals surface area contributed by atoms with Gasteiger partial charge in [0.25, 0.3) is 5.91 Å². The van der Waals surface area contributed by atoms with Gasteiger partial charge in [0.15, 0.2) is 6.61 Å². The molecule has 0 radical (unpaired) electrons. The molecule has 2 aliphatic rings. The van der Waals surface area contributed by atoms with Crippen LogP contribution in [0.1, 0.15) is 17.9 Å². The third-order valence-corrected chi connectivity index (χ3v) is 7.53. The van der Waals surface area contributed by atoms with Crippen LogP contribution in [0.3, 0.4) is 0 Å². The van der Waals surface area contributed by atoms with E-state index in [0.29, 0.717) is 29.0 Å². The molecule has 1 unspecified atom stereocenters. The largest absolute Gasteiger partial charge is 0.482 e. The van der Waals surface area contributed by atoms with Crippen LogP contribution in [-0.4, -0.2) is 38.3 Å². The number of sulfonamides is 1. The Balaban J connectivity index is 1.62. The highest BCUT2D eigenvalue weighted by Crippen LogP contribution is 2.39. The fourth-order valence-corrected chi connectivity index (χ4v) is 5.88. The van der Waals surface area contributed by atoms with Crippen molar-refractivity contribution in [1.82, 2.24) is 4.31 Å². The van der Waals surface area contributed by atoms with Crippen LogP contribution in [0.5, 0.6) is 5.75 Å². The number of nitrogens with one attached hydrogen (secondary N) is 1. The van der Waals surface area contributed by atoms with Gasteiger partial charge in [0.05, 0.1) is 5.69 Å². The Labute approximate surface area is 160 Å². The van der Waals surface area contributed by atoms with E-state index < -0.39 is 10.0 Å². The van der Waals surface area contributed by atoms with Gasteiger partial charge in [-0.3, -0.25) is 4.79 Å². The standard InChI is InChI=1S/C18H17BrN2O4S/c19-14-8-15-16(25-11-18(22)20-15)9-17(14)26(23,24)21-7-6-13(10-21)12-4-2-1-3-5-12/h1-5,8-9,13H,6-7,10-11H2,(H,20,22). The topological polar surface area (TPSA) is 75.7 Å². The summed E-state index contributed by atoms with van der Waals surface area (Å²) in [6.07, 6.45) is 0.790. The van der Waals surface area contributed by atoms with Crippen LogP contribution in [0.15, 0.2) is 51.8 Å². The van der Waals surface area contributed by atoms with Crippen molar-refractivity contribution >= 4 is 37.5 Å². The van der Waals surface area contributed by atoms with E-state index in [1.54, 1.807) is 6.07 Å². The lowest BCUT2D eigenvalue weighted by molar-refractivity contribution is -0.118. The average molecular weight is 437 g/mol. The van der Waals surface area contributed by atoms with Crippen molar-refractivity contribution in [2.24, 2.45) is 0 Å². The Morgan fingerprint density at radius 1 is 1.19 bits per heavy atom. The highest BCUT2D eigenvalue weighted by Gasteiger charge is 2.35. The molecule has 2 heterocycles. The van der Waals surface area contributed by atoms with E-state index in [1.807, 2.05) is 30.3 Å². The number of hydrogen-bond donors (Lipinski definition) is 1. The van der Waals surface area contributed by atoms with Gasteiger partial charge in [0.2, 0.25) is 10.0 Å². The van der Waals surface area contributed by atoms with E-state index in [1.165, 1.54) is 10.4 Å². The van der Waals surface area contributed by atoms with Gasteiger partial charge in [-0.2, -0.15) is 4.31 Å². The molecule has 1 atom stereocenters. The second-order valence-corrected chi connectivity index (χ2v) is 9.14. The lowest BCUT2D eigenvalue weighted by Gasteiger charge is -2.22. The van der Waals surface area contributed by atoms with Gasteiger partial charge in [-0.15, -0.1) is 0 Å². The number of benzene rings is 2. The van der Waals surface area contributed by atoms with Gasteiger partial charge in [-0.25, -0.2) is 8.42 Å². The maximum atomic E-state index is 13.1. The summed E-state index contributed by atoms with van der Waals surface area (Å²) in [6, 6.07) is 13.0. The van der Waals surface area contributed by atoms with Crippen molar-refractivity contribution < 1.29 is 17.9 Å². The Bertz CT molecular complexity index is 963. The van der Waals surface area contributed by atoms with Gasteiger partial charge in [0, 0.05) is 23.6 Å². The summed E-state index contributed by atoms with van der Waals surface area (Å²) in [5.41, 5.74) is 1.62. The highest BCUT2D eigenvalue weighted by atomic mass is 79.9. The summed E-state index contributed by atoms with van der Waals surface area (Å²) in [6.45, 7) is 0.810. The number of halogens is 1. The predicted octanol–water partition coefficient (Wildman–Crippen LogP) is 2.96. The van der Waals surface area contributed by atoms with Gasteiger partial charge < -0.3 is 10.1 Å². The normalized spacial score (nSPS) is 20.3. The maximum Gasteiger partial charge on any atom is 0.262 e. The minimum atomic E-state index is -3.66. The van der Waals surface area contributed by atoms with Gasteiger partial charge in [-0.1, -0.05) is 30.3 Å². The molecule has 6 nitrogen and oxygen atoms in total. The molecule has 2 aliphatic heterocycles. The van der Waals surface area contributed by atoms with E-state index in [9.17, 15) is 13.2 Å². The van der Waals surface area contributed by atoms with Crippen LogP contribution in [0.25, 0.3) is 0 Å². The predicted molar refractivity (Wildman–Crippen MR) is 101 cm³/mol. The summed E-state index contributed by atoms with van der Waals surface area (Å²) < 4.78 is 33.6. The average Bonchev–Trinajstić information content (AvgIpc) is 3.12. The molecule has 0 aliphatic carbocycles. The van der Waals surface area contributed by atoms with Gasteiger partial charge >= 0.3 is 0 Å². The first-order valence-electron chi connectivity index (χ1n) is 8.26. The molecule has 2 aromatic carbocycles. The number of fused-ring (bicyclic) bond motifs is 1. The summed E-state index contributed by atoms with van der Waals surface area (Å²) in [5.74, 6) is 0.299. The number of nitrogens with zero attached hydrogens (tertiary/aromatic N) is 1. The minimum Gasteiger partial charge on any atom is -0.482 e. The molecule has 2 aromatic rings. The van der Waals surface area contributed by atoms with E-state index in [4.69, 9.17) is 4.74 Å². The molecular weight excluding hydrogens is 420 g/mol. The lowest BCUT2D eigenvalue weighted by Crippen LogP contribution is -2.30. The van der Waals surface area contributed by atoms with Crippen molar-refractivity contribution in [2.45, 2.75) is 17.2 Å². The zero-order valence-electron chi connectivity index (χ0n) is 13.8. The lowest BCUT2D eigenvalue weighted by atomic mass is 9.99. The molecule has 26 heavy (non-hydrogen) atoms. The van der Waals surface area contributed by atoms with E-state index in [2.05, 4.69) is 21.2 Å². The number of hydrogen-bond acceptors (Lipinski definition) is 4. The molecule has 8 heteroatoms. The zero-order valence-corrected chi connectivity index (χ0v) is 16.2. The number of carbonyl (C=O) groups excluding carboxylic acids is 1. The highest BCUT2D eigenvalue weighted by molar-refractivity contribution is 9.10. The third kappa shape index (κ3) is 3.13. The van der Waals surface area contributed by atoms with Crippen LogP contribution >= 0.6 is 15.9 Å². The molecule has 1 amide bonds. The number of anilines is 1. The quantitative estimate of drug-likeness (QED) is 0.802. The van der Waals surface area contributed by atoms with Crippen LogP contribution in [0.2, 0.25) is 0 Å². The molecular formula is C18H17BrN2O4S. The van der Waals surface area contributed by atoms with Crippen molar-refractivity contribution in [1.29, 1.82) is 0 Å². The number of rotatable bonds is 3. The Morgan fingerprint density at radius 3 is 2.73 bits per heavy atom. The molecule has 1 N–H and O–H groups in total. The SMILES string of the molecule is O=C1COc2cc(S(=O)(=O)N3CCC(c4ccccc4)C3)c(Br)cc2N1. The van der Waals surface area contributed by atoms with E-state index >= 15 is 0 Å². The van der Waals surface area contributed by atoms with Crippen molar-refractivity contribution in [3.63, 3.8) is 0 Å². The Hall–Kier alpha value is -1.90. The third-order valence-electron chi connectivity index (χ3n) is 4.71. The van der Waals surface area contributed by atoms with Gasteiger partial charge in [0.1, 0.15) is 10.6 Å². The second-order valence-electron chi connectivity index (χ2n) is 6.37. The van der Waals surface area contributed by atoms with Crippen LogP contribution in [0, 0.1) is 0 Å². The van der Waals surface area contributed by atoms with E-state index in [-0.39, 0.29) is 23.3 Å². The molecule has 4 rings (SSSR count). The van der Waals surface area contributed by atoms with Crippen molar-refractivity contribution in [3.05, 3.63) is 52.5 Å². The number of ether oxygens (including phenoxy) is 1. The van der Waals surface area contributed by atoms with Crippen LogP contribution in [-0.2, 0) is 14.8 Å². The molecule has 0 bridgehead atoms. The van der Waals surface area contributed by atoms with Crippen molar-refractivity contribution in [2.75, 3.05) is 25.0 Å². The Morgan fingerprint density at radius 2 is 1.96 bits per heavy atom. The van der Waals surface area contributed by atoms with Crippen LogP contribution < -0.4 is 10.1 Å². The van der Waals surface area contributed by atoms with Crippen molar-refractivity contribution in [3.8, 4) is 5.75 Å². The number of carbonyl (C=O) groups is 1. The first-order chi connectivity index (χ1) is 12.4. The minimum absolute atomic E-state index is 0.117. The molecule has 136 valence electrons. The second kappa shape index (κ2) is 6.68. The molecule has 1 fully saturated rings. The summed E-state index contributed by atoms with van der Waals surface area (Å²) in [7, 11) is -3.66. The smallest absolute Gasteiger partial charge is 0.262 e.